The van der Waals surface area contributed by atoms with E-state index in [2.05, 4.69) is 32.9 Å². The maximum Gasteiger partial charge on any atom is 0.407 e. The fraction of sp³-hybridized carbons (Fsp3) is 0.714. The van der Waals surface area contributed by atoms with Crippen molar-refractivity contribution in [1.29, 1.82) is 0 Å². The van der Waals surface area contributed by atoms with Crippen LogP contribution < -0.4 is 4.68 Å². The molecular formula is C14H23BrN3O3+. The summed E-state index contributed by atoms with van der Waals surface area (Å²) in [6.45, 7) is 9.31. The second-order valence-electron chi connectivity index (χ2n) is 4.93. The molecule has 21 heavy (non-hydrogen) atoms. The number of ether oxygens (including phenoxy) is 2. The maximum atomic E-state index is 12.1. The summed E-state index contributed by atoms with van der Waals surface area (Å²) in [5.74, 6) is -0.290. The first-order valence-electron chi connectivity index (χ1n) is 7.44. The molecule has 1 fully saturated rings. The number of aromatic amines is 1. The molecule has 1 aliphatic rings. The molecule has 1 aromatic rings. The highest BCUT2D eigenvalue weighted by molar-refractivity contribution is 9.10. The number of esters is 1. The first kappa shape index (κ1) is 16.5. The predicted octanol–water partition coefficient (Wildman–Crippen LogP) is 1.14. The van der Waals surface area contributed by atoms with Crippen molar-refractivity contribution in [2.45, 2.75) is 26.8 Å². The predicted molar refractivity (Wildman–Crippen MR) is 81.3 cm³/mol. The van der Waals surface area contributed by atoms with Crippen molar-refractivity contribution in [3.05, 3.63) is 15.9 Å². The van der Waals surface area contributed by atoms with Crippen molar-refractivity contribution in [1.82, 2.24) is 10.00 Å². The molecule has 0 saturated carbocycles. The Morgan fingerprint density at radius 3 is 2.76 bits per heavy atom. The maximum absolute atomic E-state index is 12.1. The lowest BCUT2D eigenvalue weighted by molar-refractivity contribution is -0.752. The van der Waals surface area contributed by atoms with Crippen LogP contribution in [-0.4, -0.2) is 55.4 Å². The van der Waals surface area contributed by atoms with Crippen molar-refractivity contribution < 1.29 is 19.0 Å². The van der Waals surface area contributed by atoms with Gasteiger partial charge in [-0.3, -0.25) is 4.90 Å². The number of morpholine rings is 1. The van der Waals surface area contributed by atoms with Gasteiger partial charge in [-0.2, -0.15) is 5.10 Å². The quantitative estimate of drug-likeness (QED) is 0.610. The molecule has 0 unspecified atom stereocenters. The first-order valence-corrected chi connectivity index (χ1v) is 8.24. The zero-order valence-electron chi connectivity index (χ0n) is 12.7. The zero-order chi connectivity index (χ0) is 15.2. The number of carbonyl (C=O) groups is 1. The molecule has 1 aliphatic heterocycles. The molecule has 0 radical (unpaired) electrons. The van der Waals surface area contributed by atoms with Crippen molar-refractivity contribution in [3.63, 3.8) is 0 Å². The van der Waals surface area contributed by atoms with E-state index in [-0.39, 0.29) is 5.97 Å². The summed E-state index contributed by atoms with van der Waals surface area (Å²) in [6.07, 6.45) is 0.831. The van der Waals surface area contributed by atoms with E-state index in [1.165, 1.54) is 0 Å². The summed E-state index contributed by atoms with van der Waals surface area (Å²) in [6, 6.07) is 0. The minimum absolute atomic E-state index is 0.290. The van der Waals surface area contributed by atoms with E-state index in [1.807, 2.05) is 11.6 Å². The number of H-pyrrole nitrogens is 1. The van der Waals surface area contributed by atoms with Gasteiger partial charge >= 0.3 is 11.7 Å². The number of rotatable bonds is 6. The summed E-state index contributed by atoms with van der Waals surface area (Å²) in [5.41, 5.74) is 1.59. The van der Waals surface area contributed by atoms with E-state index in [0.717, 1.165) is 56.0 Å². The summed E-state index contributed by atoms with van der Waals surface area (Å²) in [7, 11) is 0. The normalized spacial score (nSPS) is 16.1. The van der Waals surface area contributed by atoms with Crippen LogP contribution >= 0.6 is 15.9 Å². The summed E-state index contributed by atoms with van der Waals surface area (Å²) < 4.78 is 13.2. The highest BCUT2D eigenvalue weighted by Crippen LogP contribution is 2.19. The second kappa shape index (κ2) is 7.91. The van der Waals surface area contributed by atoms with E-state index in [9.17, 15) is 4.79 Å². The fourth-order valence-corrected chi connectivity index (χ4v) is 3.14. The van der Waals surface area contributed by atoms with Gasteiger partial charge in [0.1, 0.15) is 4.47 Å². The minimum atomic E-state index is -0.290. The van der Waals surface area contributed by atoms with Crippen LogP contribution in [0, 0.1) is 0 Å². The Morgan fingerprint density at radius 1 is 1.43 bits per heavy atom. The van der Waals surface area contributed by atoms with Gasteiger partial charge in [-0.15, -0.1) is 4.68 Å². The number of hydrogen-bond acceptors (Lipinski definition) is 4. The Labute approximate surface area is 133 Å². The third-order valence-electron chi connectivity index (χ3n) is 3.58. The summed E-state index contributed by atoms with van der Waals surface area (Å²) >= 11 is 3.51. The largest absolute Gasteiger partial charge is 0.458 e. The Kier molecular flexibility index (Phi) is 6.20. The summed E-state index contributed by atoms with van der Waals surface area (Å²) in [5, 5.41) is 3.29. The monoisotopic (exact) mass is 360 g/mol. The molecule has 2 heterocycles. The molecule has 1 saturated heterocycles. The summed E-state index contributed by atoms with van der Waals surface area (Å²) in [4.78, 5) is 14.5. The third kappa shape index (κ3) is 4.05. The number of carbonyl (C=O) groups excluding carboxylic acids is 1. The molecule has 2 rings (SSSR count). The van der Waals surface area contributed by atoms with Crippen molar-refractivity contribution in [2.75, 3.05) is 39.5 Å². The minimum Gasteiger partial charge on any atom is -0.458 e. The number of hydrogen-bond donors (Lipinski definition) is 1. The van der Waals surface area contributed by atoms with Crippen molar-refractivity contribution in [2.24, 2.45) is 0 Å². The van der Waals surface area contributed by atoms with Crippen LogP contribution in [0.5, 0.6) is 0 Å². The Morgan fingerprint density at radius 2 is 2.14 bits per heavy atom. The fourth-order valence-electron chi connectivity index (χ4n) is 2.40. The molecule has 1 N–H and O–H groups in total. The lowest BCUT2D eigenvalue weighted by Gasteiger charge is -2.24. The number of aromatic nitrogens is 2. The van der Waals surface area contributed by atoms with Gasteiger partial charge in [0.15, 0.2) is 6.54 Å². The van der Waals surface area contributed by atoms with Gasteiger partial charge < -0.3 is 9.47 Å². The van der Waals surface area contributed by atoms with E-state index < -0.39 is 0 Å². The number of nitrogens with zero attached hydrogens (tertiary/aromatic N) is 2. The van der Waals surface area contributed by atoms with E-state index >= 15 is 0 Å². The average Bonchev–Trinajstić information content (AvgIpc) is 2.82. The van der Waals surface area contributed by atoms with Crippen LogP contribution in [0.25, 0.3) is 0 Å². The zero-order valence-corrected chi connectivity index (χ0v) is 14.2. The SMILES string of the molecule is CCOC(=O)c1c(Br)c(CC)[nH][n+]1CCN1CCOCC1. The van der Waals surface area contributed by atoms with Gasteiger partial charge in [0.2, 0.25) is 0 Å². The molecule has 7 heteroatoms. The molecule has 0 bridgehead atoms. The second-order valence-corrected chi connectivity index (χ2v) is 5.73. The Balaban J connectivity index is 2.11. The highest BCUT2D eigenvalue weighted by atomic mass is 79.9. The lowest BCUT2D eigenvalue weighted by atomic mass is 10.3. The van der Waals surface area contributed by atoms with Crippen LogP contribution in [0.3, 0.4) is 0 Å². The van der Waals surface area contributed by atoms with Gasteiger partial charge in [-0.25, -0.2) is 4.79 Å². The van der Waals surface area contributed by atoms with Gasteiger partial charge in [-0.1, -0.05) is 6.92 Å². The van der Waals surface area contributed by atoms with Gasteiger partial charge in [0.25, 0.3) is 0 Å². The number of nitrogens with one attached hydrogen (secondary N) is 1. The van der Waals surface area contributed by atoms with Crippen LogP contribution in [0.2, 0.25) is 0 Å². The molecule has 0 amide bonds. The topological polar surface area (TPSA) is 58.4 Å². The highest BCUT2D eigenvalue weighted by Gasteiger charge is 2.30. The Hall–Kier alpha value is -0.920. The molecule has 1 aromatic heterocycles. The lowest BCUT2D eigenvalue weighted by Crippen LogP contribution is -2.48. The van der Waals surface area contributed by atoms with Crippen LogP contribution in [0.4, 0.5) is 0 Å². The molecular weight excluding hydrogens is 338 g/mol. The molecule has 0 atom stereocenters. The molecule has 0 spiro atoms. The van der Waals surface area contributed by atoms with E-state index in [0.29, 0.717) is 12.3 Å². The number of aryl methyl sites for hydroxylation is 1. The smallest absolute Gasteiger partial charge is 0.407 e. The number of halogens is 1. The van der Waals surface area contributed by atoms with Gasteiger partial charge in [0.05, 0.1) is 32.1 Å². The van der Waals surface area contributed by atoms with Crippen LogP contribution in [0.15, 0.2) is 4.47 Å². The Bertz CT molecular complexity index is 484. The van der Waals surface area contributed by atoms with Gasteiger partial charge in [-0.05, 0) is 29.3 Å². The molecule has 0 aromatic carbocycles. The van der Waals surface area contributed by atoms with Crippen LogP contribution in [0.1, 0.15) is 30.0 Å². The van der Waals surface area contributed by atoms with Crippen molar-refractivity contribution >= 4 is 21.9 Å². The molecule has 118 valence electrons. The van der Waals surface area contributed by atoms with Crippen molar-refractivity contribution in [3.8, 4) is 0 Å². The van der Waals surface area contributed by atoms with Gasteiger partial charge in [0, 0.05) is 13.1 Å². The molecule has 6 nitrogen and oxygen atoms in total. The average molecular weight is 361 g/mol. The van der Waals surface area contributed by atoms with Crippen LogP contribution in [-0.2, 0) is 22.4 Å². The first-order chi connectivity index (χ1) is 10.2. The standard InChI is InChI=1S/C14H22BrN3O3/c1-3-11-12(15)13(14(19)21-4-2)18(16-11)6-5-17-7-9-20-10-8-17/h3-10H2,1-2H3/p+1. The van der Waals surface area contributed by atoms with E-state index in [1.54, 1.807) is 0 Å². The molecule has 0 aliphatic carbocycles. The van der Waals surface area contributed by atoms with E-state index in [4.69, 9.17) is 9.47 Å². The third-order valence-corrected chi connectivity index (χ3v) is 4.43.